The Morgan fingerprint density at radius 2 is 1.83 bits per heavy atom. The van der Waals surface area contributed by atoms with Gasteiger partial charge in [-0.15, -0.1) is 0 Å². The summed E-state index contributed by atoms with van der Waals surface area (Å²) in [5, 5.41) is 14.7. The monoisotopic (exact) mass is 390 g/mol. The highest BCUT2D eigenvalue weighted by Crippen LogP contribution is 2.17. The van der Waals surface area contributed by atoms with Crippen molar-refractivity contribution >= 4 is 23.8 Å². The van der Waals surface area contributed by atoms with Crippen molar-refractivity contribution in [1.29, 1.82) is 0 Å². The van der Waals surface area contributed by atoms with E-state index in [0.717, 1.165) is 6.07 Å². The maximum absolute atomic E-state index is 12.1. The molecule has 2 aromatic carbocycles. The summed E-state index contributed by atoms with van der Waals surface area (Å²) in [4.78, 5) is 38.0. The summed E-state index contributed by atoms with van der Waals surface area (Å²) in [6, 6.07) is 14.9. The zero-order chi connectivity index (χ0) is 20.6. The second-order valence-corrected chi connectivity index (χ2v) is 5.71. The van der Waals surface area contributed by atoms with Gasteiger partial charge in [0.05, 0.1) is 22.3 Å². The summed E-state index contributed by atoms with van der Waals surface area (Å²) in [7, 11) is 0. The van der Waals surface area contributed by atoms with Crippen molar-refractivity contribution in [2.24, 2.45) is 5.10 Å². The number of hydrazone groups is 1. The third-order valence-electron chi connectivity index (χ3n) is 3.69. The van der Waals surface area contributed by atoms with E-state index in [0.29, 0.717) is 11.1 Å². The van der Waals surface area contributed by atoms with E-state index in [1.807, 2.05) is 0 Å². The first-order chi connectivity index (χ1) is 14.0. The Morgan fingerprint density at radius 1 is 1.07 bits per heavy atom. The van der Waals surface area contributed by atoms with Gasteiger partial charge in [-0.3, -0.25) is 19.9 Å². The number of hydrogen-bond acceptors (Lipinski definition) is 7. The van der Waals surface area contributed by atoms with E-state index in [1.54, 1.807) is 42.6 Å². The Morgan fingerprint density at radius 3 is 2.52 bits per heavy atom. The molecular formula is C20H14N4O5. The normalized spacial score (nSPS) is 10.5. The molecule has 9 heteroatoms. The van der Waals surface area contributed by atoms with Crippen molar-refractivity contribution in [2.45, 2.75) is 0 Å². The third kappa shape index (κ3) is 5.30. The highest BCUT2D eigenvalue weighted by molar-refractivity contribution is 5.94. The van der Waals surface area contributed by atoms with Gasteiger partial charge in [-0.2, -0.15) is 5.10 Å². The van der Waals surface area contributed by atoms with Crippen molar-refractivity contribution in [3.63, 3.8) is 0 Å². The second kappa shape index (κ2) is 9.00. The number of hydrogen-bond donors (Lipinski definition) is 1. The van der Waals surface area contributed by atoms with Crippen LogP contribution in [0.1, 0.15) is 26.3 Å². The third-order valence-corrected chi connectivity index (χ3v) is 3.69. The predicted molar refractivity (Wildman–Crippen MR) is 104 cm³/mol. The lowest BCUT2D eigenvalue weighted by molar-refractivity contribution is -0.384. The molecule has 0 aliphatic heterocycles. The Kier molecular flexibility index (Phi) is 6.01. The minimum absolute atomic E-state index is 0.0722. The SMILES string of the molecule is O=C(NN=Cc1ccc(OC(=O)c2cccc([N+](=O)[O-])c2)cc1)c1cccnc1. The summed E-state index contributed by atoms with van der Waals surface area (Å²) in [6.45, 7) is 0. The summed E-state index contributed by atoms with van der Waals surface area (Å²) in [6.07, 6.45) is 4.42. The van der Waals surface area contributed by atoms with Crippen LogP contribution in [-0.4, -0.2) is 28.0 Å². The minimum Gasteiger partial charge on any atom is -0.423 e. The van der Waals surface area contributed by atoms with Crippen LogP contribution in [-0.2, 0) is 0 Å². The number of nitrogens with one attached hydrogen (secondary N) is 1. The molecule has 144 valence electrons. The average Bonchev–Trinajstić information content (AvgIpc) is 2.75. The molecule has 9 nitrogen and oxygen atoms in total. The first-order valence-electron chi connectivity index (χ1n) is 8.33. The number of nitro groups is 1. The molecule has 1 aromatic heterocycles. The number of aromatic nitrogens is 1. The van der Waals surface area contributed by atoms with E-state index in [-0.39, 0.29) is 17.0 Å². The van der Waals surface area contributed by atoms with Gasteiger partial charge in [0.15, 0.2) is 0 Å². The van der Waals surface area contributed by atoms with Crippen LogP contribution >= 0.6 is 0 Å². The molecule has 0 saturated carbocycles. The molecular weight excluding hydrogens is 376 g/mol. The zero-order valence-electron chi connectivity index (χ0n) is 14.9. The molecule has 0 atom stereocenters. The van der Waals surface area contributed by atoms with Gasteiger partial charge in [-0.1, -0.05) is 6.07 Å². The fraction of sp³-hybridized carbons (Fsp3) is 0. The van der Waals surface area contributed by atoms with Gasteiger partial charge in [0.25, 0.3) is 11.6 Å². The summed E-state index contributed by atoms with van der Waals surface area (Å²) in [5.41, 5.74) is 3.30. The highest BCUT2D eigenvalue weighted by atomic mass is 16.6. The van der Waals surface area contributed by atoms with Crippen LogP contribution in [0.15, 0.2) is 78.2 Å². The topological polar surface area (TPSA) is 124 Å². The smallest absolute Gasteiger partial charge is 0.343 e. The van der Waals surface area contributed by atoms with Crippen LogP contribution in [0.5, 0.6) is 5.75 Å². The van der Waals surface area contributed by atoms with Crippen molar-refractivity contribution in [3.05, 3.63) is 99.9 Å². The summed E-state index contributed by atoms with van der Waals surface area (Å²) in [5.74, 6) is -0.839. The molecule has 0 aliphatic rings. The zero-order valence-corrected chi connectivity index (χ0v) is 14.9. The number of non-ortho nitro benzene ring substituents is 1. The number of carbonyl (C=O) groups is 2. The molecule has 3 rings (SSSR count). The number of amides is 1. The second-order valence-electron chi connectivity index (χ2n) is 5.71. The quantitative estimate of drug-likeness (QED) is 0.227. The molecule has 1 N–H and O–H groups in total. The Bertz CT molecular complexity index is 1070. The standard InChI is InChI=1S/C20H14N4O5/c25-19(16-4-2-10-21-13-16)23-22-12-14-6-8-18(9-7-14)29-20(26)15-3-1-5-17(11-15)24(27)28/h1-13H,(H,23,25). The maximum Gasteiger partial charge on any atom is 0.343 e. The molecule has 3 aromatic rings. The van der Waals surface area contributed by atoms with Gasteiger partial charge in [-0.05, 0) is 48.0 Å². The molecule has 0 unspecified atom stereocenters. The van der Waals surface area contributed by atoms with E-state index in [2.05, 4.69) is 15.5 Å². The predicted octanol–water partition coefficient (Wildman–Crippen LogP) is 2.97. The summed E-state index contributed by atoms with van der Waals surface area (Å²) < 4.78 is 5.21. The molecule has 0 saturated heterocycles. The Labute approximate surface area is 164 Å². The Balaban J connectivity index is 1.58. The van der Waals surface area contributed by atoms with Crippen LogP contribution in [0.3, 0.4) is 0 Å². The molecule has 0 radical (unpaired) electrons. The van der Waals surface area contributed by atoms with E-state index in [9.17, 15) is 19.7 Å². The van der Waals surface area contributed by atoms with Crippen LogP contribution in [0.2, 0.25) is 0 Å². The fourth-order valence-corrected chi connectivity index (χ4v) is 2.26. The van der Waals surface area contributed by atoms with Gasteiger partial charge >= 0.3 is 5.97 Å². The molecule has 0 bridgehead atoms. The van der Waals surface area contributed by atoms with Gasteiger partial charge in [0.1, 0.15) is 5.75 Å². The number of pyridine rings is 1. The number of esters is 1. The maximum atomic E-state index is 12.1. The molecule has 1 heterocycles. The van der Waals surface area contributed by atoms with Crippen molar-refractivity contribution < 1.29 is 19.2 Å². The van der Waals surface area contributed by atoms with E-state index in [4.69, 9.17) is 4.74 Å². The summed E-state index contributed by atoms with van der Waals surface area (Å²) >= 11 is 0. The highest BCUT2D eigenvalue weighted by Gasteiger charge is 2.13. The Hall–Kier alpha value is -4.40. The minimum atomic E-state index is -0.709. The lowest BCUT2D eigenvalue weighted by Gasteiger charge is -2.04. The number of rotatable bonds is 6. The van der Waals surface area contributed by atoms with Crippen LogP contribution in [0.4, 0.5) is 5.69 Å². The molecule has 1 amide bonds. The number of nitro benzene ring substituents is 1. The van der Waals surface area contributed by atoms with Crippen LogP contribution in [0, 0.1) is 10.1 Å². The average molecular weight is 390 g/mol. The first-order valence-corrected chi connectivity index (χ1v) is 8.33. The van der Waals surface area contributed by atoms with Gasteiger partial charge in [0.2, 0.25) is 0 Å². The lowest BCUT2D eigenvalue weighted by atomic mass is 10.2. The van der Waals surface area contributed by atoms with E-state index in [1.165, 1.54) is 30.6 Å². The molecule has 29 heavy (non-hydrogen) atoms. The van der Waals surface area contributed by atoms with Crippen molar-refractivity contribution in [1.82, 2.24) is 10.4 Å². The number of nitrogens with zero attached hydrogens (tertiary/aromatic N) is 3. The van der Waals surface area contributed by atoms with Crippen molar-refractivity contribution in [3.8, 4) is 5.75 Å². The first kappa shape index (κ1) is 19.4. The van der Waals surface area contributed by atoms with Crippen LogP contribution in [0.25, 0.3) is 0 Å². The van der Waals surface area contributed by atoms with Crippen molar-refractivity contribution in [2.75, 3.05) is 0 Å². The molecule has 0 spiro atoms. The molecule has 0 fully saturated rings. The van der Waals surface area contributed by atoms with Gasteiger partial charge in [-0.25, -0.2) is 10.2 Å². The van der Waals surface area contributed by atoms with E-state index < -0.39 is 16.8 Å². The lowest BCUT2D eigenvalue weighted by Crippen LogP contribution is -2.17. The molecule has 0 aliphatic carbocycles. The van der Waals surface area contributed by atoms with Gasteiger partial charge in [0, 0.05) is 24.5 Å². The van der Waals surface area contributed by atoms with Crippen LogP contribution < -0.4 is 10.2 Å². The number of benzene rings is 2. The van der Waals surface area contributed by atoms with Gasteiger partial charge < -0.3 is 4.74 Å². The number of carbonyl (C=O) groups excluding carboxylic acids is 2. The fourth-order valence-electron chi connectivity index (χ4n) is 2.26. The van der Waals surface area contributed by atoms with E-state index >= 15 is 0 Å². The largest absolute Gasteiger partial charge is 0.423 e. The number of ether oxygens (including phenoxy) is 1.